The summed E-state index contributed by atoms with van der Waals surface area (Å²) in [6.07, 6.45) is 0. The summed E-state index contributed by atoms with van der Waals surface area (Å²) in [7, 11) is 0. The Labute approximate surface area is 129 Å². The molecule has 0 bridgehead atoms. The standard InChI is InChI=1S/C15H13FIN3/c1-8-3-4-13(9(2)5-8)20-14-6-10(16)11(17)7-12(14)19-15(20)18/h3-7H,1-2H3,(H2,18,19). The van der Waals surface area contributed by atoms with E-state index in [0.29, 0.717) is 20.6 Å². The highest BCUT2D eigenvalue weighted by Crippen LogP contribution is 2.28. The zero-order chi connectivity index (χ0) is 14.4. The third-order valence-corrected chi connectivity index (χ3v) is 4.14. The van der Waals surface area contributed by atoms with Crippen LogP contribution in [0.25, 0.3) is 16.7 Å². The minimum Gasteiger partial charge on any atom is -0.369 e. The summed E-state index contributed by atoms with van der Waals surface area (Å²) in [6, 6.07) is 9.26. The van der Waals surface area contributed by atoms with Gasteiger partial charge in [0.2, 0.25) is 5.95 Å². The van der Waals surface area contributed by atoms with Gasteiger partial charge in [-0.2, -0.15) is 0 Å². The molecule has 0 aliphatic carbocycles. The summed E-state index contributed by atoms with van der Waals surface area (Å²) in [5, 5.41) is 0. The first-order chi connectivity index (χ1) is 9.47. The average molecular weight is 381 g/mol. The van der Waals surface area contributed by atoms with Crippen LogP contribution in [0.5, 0.6) is 0 Å². The second-order valence-corrected chi connectivity index (χ2v) is 6.01. The highest BCUT2D eigenvalue weighted by molar-refractivity contribution is 14.1. The lowest BCUT2D eigenvalue weighted by Gasteiger charge is -2.11. The van der Waals surface area contributed by atoms with Crippen molar-refractivity contribution in [3.63, 3.8) is 0 Å². The van der Waals surface area contributed by atoms with Gasteiger partial charge in [-0.1, -0.05) is 17.7 Å². The summed E-state index contributed by atoms with van der Waals surface area (Å²) in [6.45, 7) is 4.05. The number of aryl methyl sites for hydroxylation is 2. The zero-order valence-electron chi connectivity index (χ0n) is 11.1. The molecule has 3 aromatic rings. The van der Waals surface area contributed by atoms with Crippen molar-refractivity contribution < 1.29 is 4.39 Å². The second-order valence-electron chi connectivity index (χ2n) is 4.85. The summed E-state index contributed by atoms with van der Waals surface area (Å²) < 4.78 is 16.2. The van der Waals surface area contributed by atoms with Crippen molar-refractivity contribution in [2.45, 2.75) is 13.8 Å². The van der Waals surface area contributed by atoms with E-state index in [1.54, 1.807) is 10.6 Å². The van der Waals surface area contributed by atoms with Gasteiger partial charge in [0, 0.05) is 6.07 Å². The topological polar surface area (TPSA) is 43.8 Å². The van der Waals surface area contributed by atoms with Crippen LogP contribution < -0.4 is 5.73 Å². The largest absolute Gasteiger partial charge is 0.369 e. The fraction of sp³-hybridized carbons (Fsp3) is 0.133. The van der Waals surface area contributed by atoms with Gasteiger partial charge >= 0.3 is 0 Å². The highest BCUT2D eigenvalue weighted by Gasteiger charge is 2.14. The van der Waals surface area contributed by atoms with E-state index < -0.39 is 0 Å². The lowest BCUT2D eigenvalue weighted by atomic mass is 10.1. The van der Waals surface area contributed by atoms with Crippen molar-refractivity contribution >= 4 is 39.6 Å². The molecule has 0 spiro atoms. The Morgan fingerprint density at radius 3 is 2.65 bits per heavy atom. The molecule has 5 heteroatoms. The molecule has 102 valence electrons. The molecule has 3 rings (SSSR count). The van der Waals surface area contributed by atoms with Crippen molar-refractivity contribution in [1.29, 1.82) is 0 Å². The van der Waals surface area contributed by atoms with Crippen molar-refractivity contribution in [3.8, 4) is 5.69 Å². The lowest BCUT2D eigenvalue weighted by molar-refractivity contribution is 0.622. The maximum Gasteiger partial charge on any atom is 0.205 e. The number of benzene rings is 2. The molecule has 0 radical (unpaired) electrons. The molecule has 0 amide bonds. The minimum absolute atomic E-state index is 0.260. The Morgan fingerprint density at radius 2 is 1.95 bits per heavy atom. The number of rotatable bonds is 1. The van der Waals surface area contributed by atoms with Crippen LogP contribution in [0.2, 0.25) is 0 Å². The van der Waals surface area contributed by atoms with Gasteiger partial charge in [0.1, 0.15) is 5.82 Å². The average Bonchev–Trinajstić information content (AvgIpc) is 2.66. The Kier molecular flexibility index (Phi) is 3.16. The Bertz CT molecular complexity index is 824. The summed E-state index contributed by atoms with van der Waals surface area (Å²) in [5.41, 5.74) is 10.6. The maximum atomic E-state index is 13.8. The zero-order valence-corrected chi connectivity index (χ0v) is 13.3. The molecular weight excluding hydrogens is 368 g/mol. The number of aromatic nitrogens is 2. The van der Waals surface area contributed by atoms with E-state index >= 15 is 0 Å². The molecular formula is C15H13FIN3. The monoisotopic (exact) mass is 381 g/mol. The Hall–Kier alpha value is -1.63. The molecule has 0 saturated heterocycles. The van der Waals surface area contributed by atoms with Gasteiger partial charge in [-0.05, 0) is 54.1 Å². The van der Waals surface area contributed by atoms with E-state index in [9.17, 15) is 4.39 Å². The lowest BCUT2D eigenvalue weighted by Crippen LogP contribution is -2.02. The third-order valence-electron chi connectivity index (χ3n) is 3.32. The third kappa shape index (κ3) is 2.06. The van der Waals surface area contributed by atoms with Crippen LogP contribution >= 0.6 is 22.6 Å². The molecule has 0 aliphatic rings. The molecule has 0 aliphatic heterocycles. The van der Waals surface area contributed by atoms with Crippen molar-refractivity contribution in [1.82, 2.24) is 9.55 Å². The van der Waals surface area contributed by atoms with E-state index in [0.717, 1.165) is 11.3 Å². The van der Waals surface area contributed by atoms with Crippen LogP contribution in [0, 0.1) is 23.2 Å². The smallest absolute Gasteiger partial charge is 0.205 e. The number of anilines is 1. The van der Waals surface area contributed by atoms with E-state index in [2.05, 4.69) is 11.1 Å². The molecule has 1 aromatic heterocycles. The van der Waals surface area contributed by atoms with E-state index in [4.69, 9.17) is 5.73 Å². The first-order valence-corrected chi connectivity index (χ1v) is 7.26. The predicted octanol–water partition coefficient (Wildman–Crippen LogP) is 3.97. The van der Waals surface area contributed by atoms with Crippen LogP contribution in [-0.2, 0) is 0 Å². The molecule has 3 nitrogen and oxygen atoms in total. The number of nitrogens with zero attached hydrogens (tertiary/aromatic N) is 2. The van der Waals surface area contributed by atoms with Gasteiger partial charge in [0.15, 0.2) is 0 Å². The maximum absolute atomic E-state index is 13.8. The number of nitrogens with two attached hydrogens (primary N) is 1. The van der Waals surface area contributed by atoms with Gasteiger partial charge in [-0.3, -0.25) is 4.57 Å². The molecule has 1 heterocycles. The fourth-order valence-electron chi connectivity index (χ4n) is 2.40. The Balaban J connectivity index is 2.35. The van der Waals surface area contributed by atoms with E-state index in [1.807, 2.05) is 48.6 Å². The van der Waals surface area contributed by atoms with E-state index in [1.165, 1.54) is 11.6 Å². The first kappa shape index (κ1) is 13.4. The van der Waals surface area contributed by atoms with Crippen LogP contribution in [-0.4, -0.2) is 9.55 Å². The minimum atomic E-state index is -0.260. The number of hydrogen-bond donors (Lipinski definition) is 1. The van der Waals surface area contributed by atoms with Crippen molar-refractivity contribution in [3.05, 3.63) is 50.8 Å². The SMILES string of the molecule is Cc1ccc(-n2c(N)nc3cc(I)c(F)cc32)c(C)c1. The van der Waals surface area contributed by atoms with Crippen LogP contribution in [0.3, 0.4) is 0 Å². The summed E-state index contributed by atoms with van der Waals surface area (Å²) in [5.74, 6) is 0.109. The van der Waals surface area contributed by atoms with Crippen LogP contribution in [0.1, 0.15) is 11.1 Å². The number of nitrogen functional groups attached to an aromatic ring is 1. The van der Waals surface area contributed by atoms with Crippen LogP contribution in [0.4, 0.5) is 10.3 Å². The van der Waals surface area contributed by atoms with Crippen LogP contribution in [0.15, 0.2) is 30.3 Å². The molecule has 0 fully saturated rings. The van der Waals surface area contributed by atoms with Crippen molar-refractivity contribution in [2.75, 3.05) is 5.73 Å². The number of halogens is 2. The molecule has 0 saturated carbocycles. The van der Waals surface area contributed by atoms with Gasteiger partial charge in [0.05, 0.1) is 20.3 Å². The normalized spacial score (nSPS) is 11.2. The Morgan fingerprint density at radius 1 is 1.20 bits per heavy atom. The molecule has 2 aromatic carbocycles. The number of hydrogen-bond acceptors (Lipinski definition) is 2. The summed E-state index contributed by atoms with van der Waals surface area (Å²) in [4.78, 5) is 4.32. The molecule has 0 atom stereocenters. The molecule has 0 unspecified atom stereocenters. The van der Waals surface area contributed by atoms with Gasteiger partial charge < -0.3 is 5.73 Å². The van der Waals surface area contributed by atoms with Gasteiger partial charge in [-0.15, -0.1) is 0 Å². The predicted molar refractivity (Wildman–Crippen MR) is 87.6 cm³/mol. The van der Waals surface area contributed by atoms with Gasteiger partial charge in [0.25, 0.3) is 0 Å². The molecule has 20 heavy (non-hydrogen) atoms. The fourth-order valence-corrected chi connectivity index (χ4v) is 2.85. The second kappa shape index (κ2) is 4.73. The number of fused-ring (bicyclic) bond motifs is 1. The highest BCUT2D eigenvalue weighted by atomic mass is 127. The molecule has 2 N–H and O–H groups in total. The van der Waals surface area contributed by atoms with Crippen molar-refractivity contribution in [2.24, 2.45) is 0 Å². The van der Waals surface area contributed by atoms with Gasteiger partial charge in [-0.25, -0.2) is 9.37 Å². The summed E-state index contributed by atoms with van der Waals surface area (Å²) >= 11 is 1.95. The quantitative estimate of drug-likeness (QED) is 0.649. The first-order valence-electron chi connectivity index (χ1n) is 6.18. The number of imidazole rings is 1. The van der Waals surface area contributed by atoms with E-state index in [-0.39, 0.29) is 5.82 Å².